The van der Waals surface area contributed by atoms with E-state index in [9.17, 15) is 9.18 Å². The lowest BCUT2D eigenvalue weighted by Crippen LogP contribution is -2.26. The minimum Gasteiger partial charge on any atom is -0.300 e. The maximum atomic E-state index is 13.0. The van der Waals surface area contributed by atoms with Crippen molar-refractivity contribution in [2.75, 3.05) is 13.6 Å². The lowest BCUT2D eigenvalue weighted by atomic mass is 10.1. The molecule has 2 aromatic carbocycles. The van der Waals surface area contributed by atoms with Gasteiger partial charge in [-0.1, -0.05) is 48.6 Å². The normalized spacial score (nSPS) is 11.9. The van der Waals surface area contributed by atoms with Crippen molar-refractivity contribution in [3.63, 3.8) is 0 Å². The van der Waals surface area contributed by atoms with Gasteiger partial charge >= 0.3 is 0 Å². The summed E-state index contributed by atoms with van der Waals surface area (Å²) in [5.74, 6) is -0.265. The molecule has 0 radical (unpaired) electrons. The minimum atomic E-state index is -0.265. The van der Waals surface area contributed by atoms with E-state index < -0.39 is 0 Å². The van der Waals surface area contributed by atoms with E-state index in [2.05, 4.69) is 37.9 Å². The number of hydrogen-bond donors (Lipinski definition) is 0. The molecule has 0 aliphatic rings. The standard InChI is InChI=1S/C26H27FN2O/c1-20(2)28(3)17-4-5-21-10-14-25(15-11-21)29-18-16-23(19-26(29)30)7-6-22-8-12-24(27)13-9-22/h4-16,18-20H,17H2,1-3H3/b5-4+,7-6+. The van der Waals surface area contributed by atoms with Crippen molar-refractivity contribution in [2.45, 2.75) is 19.9 Å². The molecule has 0 aliphatic heterocycles. The van der Waals surface area contributed by atoms with Crippen LogP contribution in [0.5, 0.6) is 0 Å². The van der Waals surface area contributed by atoms with Crippen molar-refractivity contribution in [1.82, 2.24) is 9.47 Å². The Morgan fingerprint density at radius 3 is 2.13 bits per heavy atom. The van der Waals surface area contributed by atoms with Gasteiger partial charge in [0, 0.05) is 30.5 Å². The van der Waals surface area contributed by atoms with Gasteiger partial charge in [0.1, 0.15) is 5.82 Å². The van der Waals surface area contributed by atoms with Crippen LogP contribution in [0.3, 0.4) is 0 Å². The molecule has 4 heteroatoms. The SMILES string of the molecule is CC(C)N(C)C/C=C/c1ccc(-n2ccc(/C=C/c3ccc(F)cc3)cc2=O)cc1. The summed E-state index contributed by atoms with van der Waals surface area (Å²) in [6.07, 6.45) is 9.71. The van der Waals surface area contributed by atoms with Crippen LogP contribution in [0.1, 0.15) is 30.5 Å². The summed E-state index contributed by atoms with van der Waals surface area (Å²) in [6, 6.07) is 18.1. The molecule has 0 saturated carbocycles. The fourth-order valence-electron chi connectivity index (χ4n) is 2.89. The molecule has 1 heterocycles. The zero-order valence-electron chi connectivity index (χ0n) is 17.6. The predicted octanol–water partition coefficient (Wildman–Crippen LogP) is 5.50. The molecular weight excluding hydrogens is 375 g/mol. The Balaban J connectivity index is 1.69. The maximum absolute atomic E-state index is 13.0. The molecule has 0 amide bonds. The highest BCUT2D eigenvalue weighted by Crippen LogP contribution is 2.12. The van der Waals surface area contributed by atoms with Gasteiger partial charge in [-0.2, -0.15) is 0 Å². The third kappa shape index (κ3) is 5.88. The first kappa shape index (κ1) is 21.5. The minimum absolute atomic E-state index is 0.0990. The van der Waals surface area contributed by atoms with Crippen LogP contribution in [0.4, 0.5) is 4.39 Å². The molecule has 0 unspecified atom stereocenters. The Morgan fingerprint density at radius 2 is 1.50 bits per heavy atom. The van der Waals surface area contributed by atoms with Gasteiger partial charge in [-0.3, -0.25) is 9.36 Å². The maximum Gasteiger partial charge on any atom is 0.255 e. The van der Waals surface area contributed by atoms with E-state index in [1.807, 2.05) is 42.5 Å². The molecule has 3 rings (SSSR count). The van der Waals surface area contributed by atoms with Gasteiger partial charge in [-0.15, -0.1) is 0 Å². The summed E-state index contributed by atoms with van der Waals surface area (Å²) < 4.78 is 14.6. The smallest absolute Gasteiger partial charge is 0.255 e. The summed E-state index contributed by atoms with van der Waals surface area (Å²) in [6.45, 7) is 5.24. The highest BCUT2D eigenvalue weighted by molar-refractivity contribution is 5.69. The largest absolute Gasteiger partial charge is 0.300 e. The second-order valence-corrected chi connectivity index (χ2v) is 7.58. The number of rotatable bonds is 7. The molecule has 0 N–H and O–H groups in total. The number of pyridine rings is 1. The van der Waals surface area contributed by atoms with E-state index in [1.165, 1.54) is 12.1 Å². The number of benzene rings is 2. The summed E-state index contributed by atoms with van der Waals surface area (Å²) in [4.78, 5) is 14.8. The van der Waals surface area contributed by atoms with E-state index in [0.717, 1.165) is 28.9 Å². The highest BCUT2D eigenvalue weighted by atomic mass is 19.1. The van der Waals surface area contributed by atoms with E-state index in [1.54, 1.807) is 29.0 Å². The Morgan fingerprint density at radius 1 is 0.900 bits per heavy atom. The highest BCUT2D eigenvalue weighted by Gasteiger charge is 2.01. The van der Waals surface area contributed by atoms with Crippen molar-refractivity contribution in [3.05, 3.63) is 106 Å². The van der Waals surface area contributed by atoms with Crippen LogP contribution in [-0.2, 0) is 0 Å². The number of nitrogens with zero attached hydrogens (tertiary/aromatic N) is 2. The first-order chi connectivity index (χ1) is 14.4. The van der Waals surface area contributed by atoms with Gasteiger partial charge in [0.25, 0.3) is 5.56 Å². The number of likely N-dealkylation sites (N-methyl/N-ethyl adjacent to an activating group) is 1. The molecule has 0 bridgehead atoms. The van der Waals surface area contributed by atoms with Gasteiger partial charge in [-0.25, -0.2) is 4.39 Å². The Labute approximate surface area is 177 Å². The Bertz CT molecular complexity index is 1080. The molecule has 3 nitrogen and oxygen atoms in total. The first-order valence-electron chi connectivity index (χ1n) is 10.1. The van der Waals surface area contributed by atoms with Crippen molar-refractivity contribution in [2.24, 2.45) is 0 Å². The molecular formula is C26H27FN2O. The van der Waals surface area contributed by atoms with Crippen LogP contribution in [0.15, 0.2) is 77.7 Å². The lowest BCUT2D eigenvalue weighted by Gasteiger charge is -2.18. The van der Waals surface area contributed by atoms with Crippen LogP contribution >= 0.6 is 0 Å². The average Bonchev–Trinajstić information content (AvgIpc) is 2.74. The molecule has 154 valence electrons. The second kappa shape index (κ2) is 9.99. The van der Waals surface area contributed by atoms with Crippen molar-refractivity contribution < 1.29 is 4.39 Å². The fourth-order valence-corrected chi connectivity index (χ4v) is 2.89. The number of halogens is 1. The molecule has 0 fully saturated rings. The van der Waals surface area contributed by atoms with Crippen LogP contribution in [0.2, 0.25) is 0 Å². The molecule has 0 atom stereocenters. The van der Waals surface area contributed by atoms with Crippen molar-refractivity contribution in [1.29, 1.82) is 0 Å². The van der Waals surface area contributed by atoms with E-state index in [-0.39, 0.29) is 11.4 Å². The summed E-state index contributed by atoms with van der Waals surface area (Å²) in [7, 11) is 2.10. The second-order valence-electron chi connectivity index (χ2n) is 7.58. The number of aromatic nitrogens is 1. The summed E-state index contributed by atoms with van der Waals surface area (Å²) in [5, 5.41) is 0. The van der Waals surface area contributed by atoms with Gasteiger partial charge < -0.3 is 4.90 Å². The first-order valence-corrected chi connectivity index (χ1v) is 10.1. The summed E-state index contributed by atoms with van der Waals surface area (Å²) in [5.41, 5.74) is 3.50. The van der Waals surface area contributed by atoms with E-state index in [4.69, 9.17) is 0 Å². The average molecular weight is 403 g/mol. The zero-order valence-corrected chi connectivity index (χ0v) is 17.6. The molecule has 3 aromatic rings. The fraction of sp³-hybridized carbons (Fsp3) is 0.192. The van der Waals surface area contributed by atoms with Crippen LogP contribution in [-0.4, -0.2) is 29.1 Å². The Hall–Kier alpha value is -3.24. The predicted molar refractivity (Wildman–Crippen MR) is 124 cm³/mol. The van der Waals surface area contributed by atoms with Crippen LogP contribution in [0.25, 0.3) is 23.9 Å². The quantitative estimate of drug-likeness (QED) is 0.521. The molecule has 1 aromatic heterocycles. The topological polar surface area (TPSA) is 25.2 Å². The zero-order chi connectivity index (χ0) is 21.5. The van der Waals surface area contributed by atoms with E-state index >= 15 is 0 Å². The molecule has 30 heavy (non-hydrogen) atoms. The molecule has 0 saturated heterocycles. The number of hydrogen-bond acceptors (Lipinski definition) is 2. The van der Waals surface area contributed by atoms with Crippen molar-refractivity contribution in [3.8, 4) is 5.69 Å². The van der Waals surface area contributed by atoms with E-state index in [0.29, 0.717) is 6.04 Å². The van der Waals surface area contributed by atoms with Gasteiger partial charge in [0.15, 0.2) is 0 Å². The summed E-state index contributed by atoms with van der Waals surface area (Å²) >= 11 is 0. The van der Waals surface area contributed by atoms with Gasteiger partial charge in [0.05, 0.1) is 0 Å². The van der Waals surface area contributed by atoms with Crippen molar-refractivity contribution >= 4 is 18.2 Å². The monoisotopic (exact) mass is 402 g/mol. The third-order valence-electron chi connectivity index (χ3n) is 5.04. The lowest BCUT2D eigenvalue weighted by molar-refractivity contribution is 0.303. The molecule has 0 aliphatic carbocycles. The van der Waals surface area contributed by atoms with Gasteiger partial charge in [0.2, 0.25) is 0 Å². The Kier molecular flexibility index (Phi) is 7.15. The third-order valence-corrected chi connectivity index (χ3v) is 5.04. The van der Waals surface area contributed by atoms with Crippen LogP contribution in [0, 0.1) is 5.82 Å². The molecule has 0 spiro atoms. The van der Waals surface area contributed by atoms with Gasteiger partial charge in [-0.05, 0) is 67.9 Å². The van der Waals surface area contributed by atoms with Crippen LogP contribution < -0.4 is 5.56 Å².